The van der Waals surface area contributed by atoms with Gasteiger partial charge in [-0.2, -0.15) is 12.6 Å². The maximum absolute atomic E-state index is 13.9. The number of methoxy groups -OCH3 is 2. The average Bonchev–Trinajstić information content (AvgIpc) is 3.72. The topological polar surface area (TPSA) is 131 Å². The van der Waals surface area contributed by atoms with Gasteiger partial charge in [-0.15, -0.1) is 0 Å². The van der Waals surface area contributed by atoms with Crippen molar-refractivity contribution in [3.63, 3.8) is 0 Å². The highest BCUT2D eigenvalue weighted by molar-refractivity contribution is 7.81. The van der Waals surface area contributed by atoms with Gasteiger partial charge in [-0.25, -0.2) is 0 Å². The Balaban J connectivity index is 0.976. The van der Waals surface area contributed by atoms with Gasteiger partial charge in [0.25, 0.3) is 11.8 Å². The fraction of sp³-hybridized carbons (Fsp3) is 0.255. The van der Waals surface area contributed by atoms with Gasteiger partial charge < -0.3 is 24.3 Å². The molecule has 0 aliphatic carbocycles. The quantitative estimate of drug-likeness (QED) is 0.128. The predicted molar refractivity (Wildman–Crippen MR) is 235 cm³/mol. The Kier molecular flexibility index (Phi) is 10.1. The number of para-hydroxylation sites is 2. The van der Waals surface area contributed by atoms with E-state index in [9.17, 15) is 14.4 Å². The molecule has 0 bridgehead atoms. The van der Waals surface area contributed by atoms with E-state index in [1.807, 2.05) is 93.0 Å². The van der Waals surface area contributed by atoms with E-state index in [1.165, 1.54) is 14.2 Å². The van der Waals surface area contributed by atoms with E-state index in [0.29, 0.717) is 64.0 Å². The van der Waals surface area contributed by atoms with Crippen LogP contribution in [0, 0.1) is 0 Å². The normalized spacial score (nSPS) is 17.1. The molecule has 0 aromatic heterocycles. The second-order valence-corrected chi connectivity index (χ2v) is 17.1. The summed E-state index contributed by atoms with van der Waals surface area (Å²) in [6, 6.07) is 27.8. The van der Waals surface area contributed by atoms with E-state index in [0.717, 1.165) is 33.6 Å². The molecule has 3 amide bonds. The number of rotatable bonds is 11. The van der Waals surface area contributed by atoms with Crippen LogP contribution in [0.25, 0.3) is 0 Å². The Hall–Kier alpha value is -6.60. The third-order valence-corrected chi connectivity index (χ3v) is 11.1. The van der Waals surface area contributed by atoms with Gasteiger partial charge in [0.2, 0.25) is 5.91 Å². The van der Waals surface area contributed by atoms with Crippen LogP contribution in [0.3, 0.4) is 0 Å². The molecule has 0 saturated heterocycles. The van der Waals surface area contributed by atoms with E-state index >= 15 is 0 Å². The zero-order valence-corrected chi connectivity index (χ0v) is 34.5. The minimum Gasteiger partial charge on any atom is -0.493 e. The third-order valence-electron chi connectivity index (χ3n) is 11.0. The van der Waals surface area contributed by atoms with Crippen molar-refractivity contribution in [1.29, 1.82) is 0 Å². The van der Waals surface area contributed by atoms with Crippen LogP contribution < -0.4 is 34.1 Å². The van der Waals surface area contributed by atoms with Gasteiger partial charge in [0.1, 0.15) is 13.2 Å². The molecule has 4 aliphatic heterocycles. The minimum atomic E-state index is -0.521. The first-order valence-electron chi connectivity index (χ1n) is 19.7. The fourth-order valence-corrected chi connectivity index (χ4v) is 8.44. The van der Waals surface area contributed by atoms with Crippen LogP contribution >= 0.6 is 12.6 Å². The molecule has 5 aromatic rings. The van der Waals surface area contributed by atoms with E-state index in [1.54, 1.807) is 34.1 Å². The number of nitrogens with one attached hydrogen (secondary N) is 1. The summed E-state index contributed by atoms with van der Waals surface area (Å²) in [6.45, 7) is 3.93. The summed E-state index contributed by atoms with van der Waals surface area (Å²) in [6.07, 6.45) is 5.19. The van der Waals surface area contributed by atoms with Crippen molar-refractivity contribution in [2.24, 2.45) is 9.98 Å². The maximum atomic E-state index is 13.9. The molecule has 0 radical (unpaired) electrons. The van der Waals surface area contributed by atoms with E-state index in [-0.39, 0.29) is 49.4 Å². The summed E-state index contributed by atoms with van der Waals surface area (Å²) < 4.78 is 23.7. The van der Waals surface area contributed by atoms with Crippen LogP contribution in [-0.2, 0) is 30.8 Å². The third kappa shape index (κ3) is 7.45. The van der Waals surface area contributed by atoms with Gasteiger partial charge in [0.05, 0.1) is 48.8 Å². The molecule has 0 spiro atoms. The second kappa shape index (κ2) is 15.5. The number of anilines is 3. The number of fused-ring (bicyclic) bond motifs is 8. The van der Waals surface area contributed by atoms with Gasteiger partial charge in [0.15, 0.2) is 23.0 Å². The lowest BCUT2D eigenvalue weighted by atomic mass is 10.1. The molecular weight excluding hydrogens is 779 g/mol. The molecule has 2 atom stereocenters. The first-order valence-corrected chi connectivity index (χ1v) is 20.2. The number of hydrogen-bond donors (Lipinski definition) is 2. The molecule has 304 valence electrons. The Labute approximate surface area is 353 Å². The SMILES string of the molecule is COc1cc2c(cc1OCc1cc(COc3cc4c(cc3OC)C(=O)N3c5ccccc5C[C@H]3C=N4)cc(NC(=O)CC(C)(C)S)c1)N=C[C@@H]1Cc3ccccc3N1C2=O. The number of carbonyl (C=O) groups excluding carboxylic acids is 3. The van der Waals surface area contributed by atoms with E-state index in [4.69, 9.17) is 28.9 Å². The fourth-order valence-electron chi connectivity index (χ4n) is 8.30. The van der Waals surface area contributed by atoms with Crippen LogP contribution in [0.5, 0.6) is 23.0 Å². The summed E-state index contributed by atoms with van der Waals surface area (Å²) in [7, 11) is 3.06. The number of benzene rings is 5. The van der Waals surface area contributed by atoms with Crippen LogP contribution in [-0.4, -0.2) is 61.2 Å². The largest absolute Gasteiger partial charge is 0.493 e. The van der Waals surface area contributed by atoms with Gasteiger partial charge in [-0.05, 0) is 64.7 Å². The van der Waals surface area contributed by atoms with Gasteiger partial charge in [0, 0.05) is 65.6 Å². The van der Waals surface area contributed by atoms with Gasteiger partial charge in [-0.1, -0.05) is 50.2 Å². The lowest BCUT2D eigenvalue weighted by Gasteiger charge is -2.22. The molecule has 4 aliphatic rings. The molecule has 1 N–H and O–H groups in total. The average molecular weight is 822 g/mol. The van der Waals surface area contributed by atoms with E-state index < -0.39 is 4.75 Å². The summed E-state index contributed by atoms with van der Waals surface area (Å²) >= 11 is 4.55. The zero-order valence-electron chi connectivity index (χ0n) is 33.6. The molecule has 0 saturated carbocycles. The summed E-state index contributed by atoms with van der Waals surface area (Å²) in [5.41, 5.74) is 7.78. The highest BCUT2D eigenvalue weighted by atomic mass is 32.1. The highest BCUT2D eigenvalue weighted by Crippen LogP contribution is 2.43. The Bertz CT molecular complexity index is 2470. The van der Waals surface area contributed by atoms with Crippen molar-refractivity contribution in [3.8, 4) is 23.0 Å². The van der Waals surface area contributed by atoms with Crippen LogP contribution in [0.15, 0.2) is 101 Å². The number of aliphatic imine (C=N–C) groups is 2. The zero-order chi connectivity index (χ0) is 41.7. The van der Waals surface area contributed by atoms with Crippen LogP contribution in [0.4, 0.5) is 28.4 Å². The lowest BCUT2D eigenvalue weighted by molar-refractivity contribution is -0.116. The number of nitrogens with zero attached hydrogens (tertiary/aromatic N) is 4. The molecule has 0 fully saturated rings. The highest BCUT2D eigenvalue weighted by Gasteiger charge is 2.38. The van der Waals surface area contributed by atoms with Crippen LogP contribution in [0.1, 0.15) is 63.2 Å². The molecular formula is C47H43N5O7S. The Morgan fingerprint density at radius 1 is 0.700 bits per heavy atom. The number of amides is 3. The summed E-state index contributed by atoms with van der Waals surface area (Å²) in [5, 5.41) is 3.01. The van der Waals surface area contributed by atoms with Gasteiger partial charge >= 0.3 is 0 Å². The molecule has 13 heteroatoms. The van der Waals surface area contributed by atoms with Crippen molar-refractivity contribution in [3.05, 3.63) is 124 Å². The smallest absolute Gasteiger partial charge is 0.261 e. The molecule has 9 rings (SSSR count). The number of hydrogen-bond acceptors (Lipinski definition) is 10. The molecule has 60 heavy (non-hydrogen) atoms. The molecule has 0 unspecified atom stereocenters. The van der Waals surface area contributed by atoms with Gasteiger partial charge in [-0.3, -0.25) is 34.2 Å². The molecule has 12 nitrogen and oxygen atoms in total. The summed E-state index contributed by atoms with van der Waals surface area (Å²) in [4.78, 5) is 54.0. The Morgan fingerprint density at radius 2 is 1.17 bits per heavy atom. The van der Waals surface area contributed by atoms with Crippen molar-refractivity contribution in [2.45, 2.75) is 63.2 Å². The number of ether oxygens (including phenoxy) is 4. The van der Waals surface area contributed by atoms with Crippen molar-refractivity contribution in [2.75, 3.05) is 29.3 Å². The van der Waals surface area contributed by atoms with E-state index in [2.05, 4.69) is 17.9 Å². The monoisotopic (exact) mass is 821 g/mol. The van der Waals surface area contributed by atoms with Crippen molar-refractivity contribution < 1.29 is 33.3 Å². The maximum Gasteiger partial charge on any atom is 0.261 e. The first-order chi connectivity index (χ1) is 29.0. The predicted octanol–water partition coefficient (Wildman–Crippen LogP) is 8.47. The lowest BCUT2D eigenvalue weighted by Crippen LogP contribution is -2.37. The first kappa shape index (κ1) is 38.9. The standard InChI is InChI=1S/C47H43N5O7S/c1-47(2,60)22-44(53)50-31-14-27(25-58-42-20-36-34(18-40(42)56-3)45(54)51-32(23-48-36)16-29-9-5-7-11-38(29)51)13-28(15-31)26-59-43-21-37-35(19-41(43)57-4)46(55)52-33(24-49-37)17-30-10-6-8-12-39(30)52/h5-15,18-21,23-24,32-33,60H,16-17,22,25-26H2,1-4H3,(H,50,53)/t32-,33-/m0/s1. The minimum absolute atomic E-state index is 0.0868. The second-order valence-electron chi connectivity index (χ2n) is 15.9. The Morgan fingerprint density at radius 3 is 1.62 bits per heavy atom. The van der Waals surface area contributed by atoms with Crippen molar-refractivity contribution in [1.82, 2.24) is 0 Å². The number of thiol groups is 1. The van der Waals surface area contributed by atoms with Crippen LogP contribution in [0.2, 0.25) is 0 Å². The number of carbonyl (C=O) groups is 3. The molecule has 5 aromatic carbocycles. The summed E-state index contributed by atoms with van der Waals surface area (Å²) in [5.74, 6) is 1.06. The van der Waals surface area contributed by atoms with Crippen molar-refractivity contribution >= 4 is 71.2 Å². The molecule has 4 heterocycles.